The van der Waals surface area contributed by atoms with Crippen LogP contribution in [0.2, 0.25) is 0 Å². The number of rotatable bonds is 5. The normalized spacial score (nSPS) is 13.9. The number of aryl methyl sites for hydroxylation is 2. The predicted molar refractivity (Wildman–Crippen MR) is 122 cm³/mol. The number of piperazine rings is 1. The molecule has 0 saturated carbocycles. The largest absolute Gasteiger partial charge is 0.496 e. The predicted octanol–water partition coefficient (Wildman–Crippen LogP) is 3.66. The number of methoxy groups -OCH3 is 1. The molecule has 1 saturated heterocycles. The number of benzene rings is 2. The van der Waals surface area contributed by atoms with Crippen molar-refractivity contribution < 1.29 is 9.53 Å². The van der Waals surface area contributed by atoms with Crippen LogP contribution in [0.3, 0.4) is 0 Å². The number of nitrogens with zero attached hydrogens (tertiary/aromatic N) is 4. The zero-order chi connectivity index (χ0) is 21.8. The highest BCUT2D eigenvalue weighted by molar-refractivity contribution is 5.79. The Morgan fingerprint density at radius 3 is 2.39 bits per heavy atom. The van der Waals surface area contributed by atoms with Crippen molar-refractivity contribution in [2.24, 2.45) is 0 Å². The topological polar surface area (TPSA) is 58.6 Å². The summed E-state index contributed by atoms with van der Waals surface area (Å²) in [6, 6.07) is 18.1. The summed E-state index contributed by atoms with van der Waals surface area (Å²) in [5.41, 5.74) is 5.39. The Hall–Kier alpha value is -3.41. The second-order valence-electron chi connectivity index (χ2n) is 7.93. The van der Waals surface area contributed by atoms with Crippen LogP contribution in [0, 0.1) is 13.8 Å². The third-order valence-electron chi connectivity index (χ3n) is 5.94. The molecule has 0 aliphatic carbocycles. The highest BCUT2D eigenvalue weighted by Gasteiger charge is 2.23. The number of hydrogen-bond acceptors (Lipinski definition) is 5. The second-order valence-corrected chi connectivity index (χ2v) is 7.93. The summed E-state index contributed by atoms with van der Waals surface area (Å²) in [5, 5.41) is 8.88. The molecule has 1 aromatic heterocycles. The van der Waals surface area contributed by atoms with Gasteiger partial charge in [-0.25, -0.2) is 0 Å². The average molecular weight is 417 g/mol. The van der Waals surface area contributed by atoms with Crippen molar-refractivity contribution in [3.63, 3.8) is 0 Å². The summed E-state index contributed by atoms with van der Waals surface area (Å²) < 4.78 is 5.37. The monoisotopic (exact) mass is 416 g/mol. The molecule has 160 valence electrons. The van der Waals surface area contributed by atoms with Crippen molar-refractivity contribution in [2.75, 3.05) is 38.2 Å². The van der Waals surface area contributed by atoms with Crippen LogP contribution in [0.15, 0.2) is 54.6 Å². The standard InChI is InChI=1S/C25H28N4O2/c1-18-8-9-20(16-19(18)2)22-10-11-24(27-26-22)28-12-14-29(15-13-28)25(30)17-21-6-4-5-7-23(21)31-3/h4-11,16H,12-15,17H2,1-3H3. The Morgan fingerprint density at radius 2 is 1.71 bits per heavy atom. The number of ether oxygens (including phenoxy) is 1. The first-order valence-corrected chi connectivity index (χ1v) is 10.6. The number of anilines is 1. The molecule has 1 amide bonds. The maximum Gasteiger partial charge on any atom is 0.227 e. The van der Waals surface area contributed by atoms with Crippen LogP contribution >= 0.6 is 0 Å². The van der Waals surface area contributed by atoms with Crippen LogP contribution in [0.1, 0.15) is 16.7 Å². The van der Waals surface area contributed by atoms with Gasteiger partial charge in [0.1, 0.15) is 5.75 Å². The molecule has 3 aromatic rings. The fraction of sp³-hybridized carbons (Fsp3) is 0.320. The number of amides is 1. The summed E-state index contributed by atoms with van der Waals surface area (Å²) >= 11 is 0. The maximum absolute atomic E-state index is 12.8. The van der Waals surface area contributed by atoms with Gasteiger partial charge in [-0.3, -0.25) is 4.79 Å². The SMILES string of the molecule is COc1ccccc1CC(=O)N1CCN(c2ccc(-c3ccc(C)c(C)c3)nn2)CC1. The Labute approximate surface area is 183 Å². The van der Waals surface area contributed by atoms with Crippen LogP contribution in [0.5, 0.6) is 5.75 Å². The van der Waals surface area contributed by atoms with Crippen molar-refractivity contribution in [2.45, 2.75) is 20.3 Å². The lowest BCUT2D eigenvalue weighted by Crippen LogP contribution is -2.49. The van der Waals surface area contributed by atoms with E-state index in [1.807, 2.05) is 41.3 Å². The van der Waals surface area contributed by atoms with Crippen LogP contribution in [0.25, 0.3) is 11.3 Å². The van der Waals surface area contributed by atoms with Gasteiger partial charge in [0, 0.05) is 37.3 Å². The smallest absolute Gasteiger partial charge is 0.227 e. The first kappa shape index (κ1) is 20.8. The molecule has 0 unspecified atom stereocenters. The Kier molecular flexibility index (Phi) is 6.16. The summed E-state index contributed by atoms with van der Waals surface area (Å²) in [6.45, 7) is 7.05. The molecule has 6 heteroatoms. The van der Waals surface area contributed by atoms with Gasteiger partial charge in [-0.15, -0.1) is 10.2 Å². The molecule has 1 aliphatic rings. The summed E-state index contributed by atoms with van der Waals surface area (Å²) in [6.07, 6.45) is 0.356. The van der Waals surface area contributed by atoms with Gasteiger partial charge in [-0.1, -0.05) is 30.3 Å². The molecule has 2 aromatic carbocycles. The van der Waals surface area contributed by atoms with Gasteiger partial charge in [-0.2, -0.15) is 0 Å². The van der Waals surface area contributed by atoms with Gasteiger partial charge in [-0.05, 0) is 49.2 Å². The van der Waals surface area contributed by atoms with Gasteiger partial charge < -0.3 is 14.5 Å². The average Bonchev–Trinajstić information content (AvgIpc) is 2.81. The zero-order valence-electron chi connectivity index (χ0n) is 18.3. The van der Waals surface area contributed by atoms with E-state index in [2.05, 4.69) is 47.1 Å². The van der Waals surface area contributed by atoms with E-state index in [0.717, 1.165) is 41.5 Å². The molecule has 0 radical (unpaired) electrons. The number of aromatic nitrogens is 2. The van der Waals surface area contributed by atoms with E-state index in [1.165, 1.54) is 11.1 Å². The number of hydrogen-bond donors (Lipinski definition) is 0. The first-order chi connectivity index (χ1) is 15.0. The van der Waals surface area contributed by atoms with Gasteiger partial charge in [0.2, 0.25) is 5.91 Å². The molecular weight excluding hydrogens is 388 g/mol. The molecule has 6 nitrogen and oxygen atoms in total. The number of para-hydroxylation sites is 1. The van der Waals surface area contributed by atoms with E-state index in [9.17, 15) is 4.79 Å². The lowest BCUT2D eigenvalue weighted by atomic mass is 10.0. The Bertz CT molecular complexity index is 1060. The van der Waals surface area contributed by atoms with Crippen LogP contribution in [0.4, 0.5) is 5.82 Å². The highest BCUT2D eigenvalue weighted by Crippen LogP contribution is 2.22. The first-order valence-electron chi connectivity index (χ1n) is 10.6. The van der Waals surface area contributed by atoms with E-state index in [0.29, 0.717) is 19.5 Å². The number of carbonyl (C=O) groups excluding carboxylic acids is 1. The van der Waals surface area contributed by atoms with Crippen molar-refractivity contribution >= 4 is 11.7 Å². The van der Waals surface area contributed by atoms with E-state index in [4.69, 9.17) is 4.74 Å². The molecule has 0 spiro atoms. The van der Waals surface area contributed by atoms with E-state index < -0.39 is 0 Å². The molecule has 1 fully saturated rings. The van der Waals surface area contributed by atoms with Gasteiger partial charge in [0.15, 0.2) is 5.82 Å². The molecule has 0 bridgehead atoms. The van der Waals surface area contributed by atoms with Gasteiger partial charge in [0.05, 0.1) is 19.2 Å². The molecule has 0 N–H and O–H groups in total. The molecule has 0 atom stereocenters. The fourth-order valence-electron chi connectivity index (χ4n) is 3.86. The van der Waals surface area contributed by atoms with E-state index in [1.54, 1.807) is 7.11 Å². The molecule has 1 aliphatic heterocycles. The molecule has 4 rings (SSSR count). The minimum atomic E-state index is 0.125. The minimum absolute atomic E-state index is 0.125. The van der Waals surface area contributed by atoms with E-state index >= 15 is 0 Å². The lowest BCUT2D eigenvalue weighted by molar-refractivity contribution is -0.130. The van der Waals surface area contributed by atoms with E-state index in [-0.39, 0.29) is 5.91 Å². The van der Waals surface area contributed by atoms with Crippen LogP contribution < -0.4 is 9.64 Å². The molecule has 31 heavy (non-hydrogen) atoms. The quantitative estimate of drug-likeness (QED) is 0.635. The Morgan fingerprint density at radius 1 is 0.935 bits per heavy atom. The third kappa shape index (κ3) is 4.68. The van der Waals surface area contributed by atoms with Crippen molar-refractivity contribution in [1.29, 1.82) is 0 Å². The minimum Gasteiger partial charge on any atom is -0.496 e. The zero-order valence-corrected chi connectivity index (χ0v) is 18.3. The molecular formula is C25H28N4O2. The van der Waals surface area contributed by atoms with Crippen LogP contribution in [-0.4, -0.2) is 54.3 Å². The van der Waals surface area contributed by atoms with Crippen molar-refractivity contribution in [1.82, 2.24) is 15.1 Å². The lowest BCUT2D eigenvalue weighted by Gasteiger charge is -2.35. The van der Waals surface area contributed by atoms with Gasteiger partial charge >= 0.3 is 0 Å². The summed E-state index contributed by atoms with van der Waals surface area (Å²) in [7, 11) is 1.63. The second kappa shape index (κ2) is 9.16. The van der Waals surface area contributed by atoms with Crippen molar-refractivity contribution in [3.8, 4) is 17.0 Å². The third-order valence-corrected chi connectivity index (χ3v) is 5.94. The highest BCUT2D eigenvalue weighted by atomic mass is 16.5. The summed E-state index contributed by atoms with van der Waals surface area (Å²) in [4.78, 5) is 16.9. The van der Waals surface area contributed by atoms with Gasteiger partial charge in [0.25, 0.3) is 0 Å². The maximum atomic E-state index is 12.8. The Balaban J connectivity index is 1.36. The summed E-state index contributed by atoms with van der Waals surface area (Å²) in [5.74, 6) is 1.73. The number of carbonyl (C=O) groups is 1. The fourth-order valence-corrected chi connectivity index (χ4v) is 3.86. The van der Waals surface area contributed by atoms with Crippen LogP contribution in [-0.2, 0) is 11.2 Å². The molecule has 2 heterocycles. The van der Waals surface area contributed by atoms with Crippen molar-refractivity contribution in [3.05, 3.63) is 71.3 Å².